The van der Waals surface area contributed by atoms with Crippen molar-refractivity contribution >= 4 is 0 Å². The second-order valence-corrected chi connectivity index (χ2v) is 5.69. The minimum Gasteiger partial charge on any atom is -0.239 e. The summed E-state index contributed by atoms with van der Waals surface area (Å²) in [5.74, 6) is 1.68. The minimum atomic E-state index is 0.559. The third-order valence-corrected chi connectivity index (χ3v) is 3.60. The van der Waals surface area contributed by atoms with E-state index < -0.39 is 0 Å². The Balaban J connectivity index is 1.90. The molecule has 0 aliphatic carbocycles. The molecular weight excluding hydrogens is 306 g/mol. The van der Waals surface area contributed by atoms with Crippen LogP contribution in [0.3, 0.4) is 0 Å². The molecule has 0 saturated carbocycles. The molecule has 120 valence electrons. The van der Waals surface area contributed by atoms with E-state index in [1.54, 1.807) is 0 Å². The van der Waals surface area contributed by atoms with Crippen molar-refractivity contribution in [3.8, 4) is 17.8 Å². The molecule has 0 spiro atoms. The molecule has 0 fully saturated rings. The zero-order valence-electron chi connectivity index (χ0n) is 13.7. The van der Waals surface area contributed by atoms with Crippen LogP contribution in [-0.2, 0) is 21.1 Å². The van der Waals surface area contributed by atoms with Gasteiger partial charge in [0.05, 0.1) is 21.1 Å². The lowest BCUT2D eigenvalue weighted by molar-refractivity contribution is -0.670. The van der Waals surface area contributed by atoms with Gasteiger partial charge in [0.1, 0.15) is 37.2 Å². The van der Waals surface area contributed by atoms with E-state index in [9.17, 15) is 0 Å². The lowest BCUT2D eigenvalue weighted by Gasteiger charge is -1.99. The molecule has 9 nitrogen and oxygen atoms in total. The number of hydrogen-bond donors (Lipinski definition) is 0. The van der Waals surface area contributed by atoms with Crippen LogP contribution in [0, 0.1) is 0 Å². The molecule has 0 bridgehead atoms. The third kappa shape index (κ3) is 2.56. The molecule has 0 N–H and O–H groups in total. The smallest absolute Gasteiger partial charge is 0.239 e. The predicted octanol–water partition coefficient (Wildman–Crippen LogP) is -1.28. The molecule has 9 heteroatoms. The van der Waals surface area contributed by atoms with Gasteiger partial charge >= 0.3 is 17.8 Å². The van der Waals surface area contributed by atoms with Gasteiger partial charge in [0.15, 0.2) is 0 Å². The SMILES string of the molecule is C[n+]1ccn(-c2nc(-n3cc[n+](C)c3)nc(-n3cc[n+](C)c3)n2)c1. The summed E-state index contributed by atoms with van der Waals surface area (Å²) in [6.45, 7) is 0. The second kappa shape index (κ2) is 5.37. The quantitative estimate of drug-likeness (QED) is 0.441. The van der Waals surface area contributed by atoms with Crippen molar-refractivity contribution in [2.24, 2.45) is 21.1 Å². The van der Waals surface area contributed by atoms with Gasteiger partial charge in [0, 0.05) is 0 Å². The van der Waals surface area contributed by atoms with E-state index in [0.29, 0.717) is 17.8 Å². The largest absolute Gasteiger partial charge is 0.335 e. The first-order valence-corrected chi connectivity index (χ1v) is 7.45. The van der Waals surface area contributed by atoms with Gasteiger partial charge in [-0.2, -0.15) is 13.7 Å². The summed E-state index contributed by atoms with van der Waals surface area (Å²) in [7, 11) is 5.87. The summed E-state index contributed by atoms with van der Waals surface area (Å²) in [6, 6.07) is 0. The molecule has 24 heavy (non-hydrogen) atoms. The normalized spacial score (nSPS) is 11.1. The summed E-state index contributed by atoms with van der Waals surface area (Å²) in [6.07, 6.45) is 17.3. The summed E-state index contributed by atoms with van der Waals surface area (Å²) in [5.41, 5.74) is 0. The number of nitrogens with zero attached hydrogens (tertiary/aromatic N) is 9. The lowest BCUT2D eigenvalue weighted by atomic mass is 10.7. The fourth-order valence-corrected chi connectivity index (χ4v) is 2.40. The number of rotatable bonds is 3. The van der Waals surface area contributed by atoms with E-state index in [1.165, 1.54) is 0 Å². The molecule has 0 radical (unpaired) electrons. The van der Waals surface area contributed by atoms with Crippen LogP contribution in [0.5, 0.6) is 0 Å². The highest BCUT2D eigenvalue weighted by molar-refractivity contribution is 5.25. The van der Waals surface area contributed by atoms with Gasteiger partial charge in [-0.15, -0.1) is 15.0 Å². The van der Waals surface area contributed by atoms with Crippen molar-refractivity contribution in [2.45, 2.75) is 0 Å². The van der Waals surface area contributed by atoms with Gasteiger partial charge in [0.25, 0.3) is 19.0 Å². The first-order valence-electron chi connectivity index (χ1n) is 7.45. The van der Waals surface area contributed by atoms with Gasteiger partial charge in [0.2, 0.25) is 0 Å². The van der Waals surface area contributed by atoms with Crippen molar-refractivity contribution in [2.75, 3.05) is 0 Å². The van der Waals surface area contributed by atoms with Crippen molar-refractivity contribution in [1.29, 1.82) is 0 Å². The lowest BCUT2D eigenvalue weighted by Crippen LogP contribution is -2.25. The third-order valence-electron chi connectivity index (χ3n) is 3.60. The fraction of sp³-hybridized carbons (Fsp3) is 0.200. The minimum absolute atomic E-state index is 0.559. The monoisotopic (exact) mass is 324 g/mol. The summed E-state index contributed by atoms with van der Waals surface area (Å²) < 4.78 is 11.4. The Morgan fingerprint density at radius 1 is 0.583 bits per heavy atom. The van der Waals surface area contributed by atoms with E-state index in [0.717, 1.165) is 0 Å². The van der Waals surface area contributed by atoms with Crippen molar-refractivity contribution < 1.29 is 13.7 Å². The van der Waals surface area contributed by atoms with Crippen molar-refractivity contribution in [3.63, 3.8) is 0 Å². The topological polar surface area (TPSA) is 65.1 Å². The van der Waals surface area contributed by atoms with Crippen LogP contribution in [-0.4, -0.2) is 28.7 Å². The maximum absolute atomic E-state index is 4.59. The molecule has 4 aromatic rings. The Hall–Kier alpha value is -3.36. The summed E-state index contributed by atoms with van der Waals surface area (Å²) in [4.78, 5) is 13.8. The van der Waals surface area contributed by atoms with Crippen molar-refractivity contribution in [3.05, 3.63) is 56.2 Å². The van der Waals surface area contributed by atoms with E-state index in [1.807, 2.05) is 105 Å². The molecule has 4 heterocycles. The number of hydrogen-bond acceptors (Lipinski definition) is 3. The molecule has 0 aromatic carbocycles. The highest BCUT2D eigenvalue weighted by atomic mass is 15.3. The highest BCUT2D eigenvalue weighted by Gasteiger charge is 2.20. The van der Waals surface area contributed by atoms with Crippen LogP contribution >= 0.6 is 0 Å². The van der Waals surface area contributed by atoms with Gasteiger partial charge in [-0.1, -0.05) is 0 Å². The number of aromatic nitrogens is 9. The maximum Gasteiger partial charge on any atom is 0.335 e. The van der Waals surface area contributed by atoms with Crippen LogP contribution < -0.4 is 13.7 Å². The predicted molar refractivity (Wildman–Crippen MR) is 81.3 cm³/mol. The van der Waals surface area contributed by atoms with E-state index in [4.69, 9.17) is 0 Å². The van der Waals surface area contributed by atoms with Crippen LogP contribution in [0.1, 0.15) is 0 Å². The van der Waals surface area contributed by atoms with E-state index >= 15 is 0 Å². The summed E-state index contributed by atoms with van der Waals surface area (Å²) in [5, 5.41) is 0. The second-order valence-electron chi connectivity index (χ2n) is 5.69. The molecule has 0 unspecified atom stereocenters. The van der Waals surface area contributed by atoms with E-state index in [2.05, 4.69) is 15.0 Å². The summed E-state index contributed by atoms with van der Waals surface area (Å²) >= 11 is 0. The van der Waals surface area contributed by atoms with Gasteiger partial charge in [-0.3, -0.25) is 0 Å². The first-order chi connectivity index (χ1) is 11.6. The molecule has 0 aliphatic rings. The molecule has 4 rings (SSSR count). The standard InChI is InChI=1S/C15H18N9/c1-19-4-7-22(10-19)13-16-14(23-8-5-20(2)11-23)18-15(17-13)24-9-6-21(3)12-24/h4-12H,1-3H3/q+3. The maximum atomic E-state index is 4.59. The Morgan fingerprint density at radius 2 is 0.875 bits per heavy atom. The molecule has 4 aromatic heterocycles. The van der Waals surface area contributed by atoms with Crippen LogP contribution in [0.2, 0.25) is 0 Å². The molecule has 0 saturated heterocycles. The highest BCUT2D eigenvalue weighted by Crippen LogP contribution is 2.08. The average Bonchev–Trinajstić information content (AvgIpc) is 3.28. The zero-order valence-corrected chi connectivity index (χ0v) is 13.7. The van der Waals surface area contributed by atoms with Crippen LogP contribution in [0.4, 0.5) is 0 Å². The molecule has 0 amide bonds. The van der Waals surface area contributed by atoms with Gasteiger partial charge in [-0.25, -0.2) is 13.7 Å². The van der Waals surface area contributed by atoms with E-state index in [-0.39, 0.29) is 0 Å². The van der Waals surface area contributed by atoms with Crippen molar-refractivity contribution in [1.82, 2.24) is 28.7 Å². The molecule has 0 aliphatic heterocycles. The van der Waals surface area contributed by atoms with Gasteiger partial charge in [-0.05, 0) is 0 Å². The molecule has 0 atom stereocenters. The van der Waals surface area contributed by atoms with Crippen LogP contribution in [0.25, 0.3) is 17.8 Å². The fourth-order valence-electron chi connectivity index (χ4n) is 2.40. The first kappa shape index (κ1) is 14.2. The van der Waals surface area contributed by atoms with Crippen LogP contribution in [0.15, 0.2) is 56.2 Å². The Labute approximate surface area is 138 Å². The number of imidazole rings is 3. The van der Waals surface area contributed by atoms with Gasteiger partial charge < -0.3 is 0 Å². The Bertz CT molecular complexity index is 866. The zero-order chi connectivity index (χ0) is 16.7. The Kier molecular flexibility index (Phi) is 3.19. The Morgan fingerprint density at radius 3 is 1.08 bits per heavy atom. The molecular formula is C15H18N9+3. The average molecular weight is 324 g/mol. The number of aryl methyl sites for hydroxylation is 3.